The monoisotopic (exact) mass is 249 g/mol. The summed E-state index contributed by atoms with van der Waals surface area (Å²) < 4.78 is 23.8. The first kappa shape index (κ1) is 11.0. The van der Waals surface area contributed by atoms with Crippen molar-refractivity contribution < 1.29 is 13.5 Å². The van der Waals surface area contributed by atoms with Crippen molar-refractivity contribution >= 4 is 5.82 Å². The summed E-state index contributed by atoms with van der Waals surface area (Å²) in [5.41, 5.74) is 0. The minimum Gasteiger partial charge on any atom is -0.466 e. The zero-order valence-corrected chi connectivity index (χ0v) is 9.60. The number of hydrogen-bond acceptors (Lipinski definition) is 5. The second-order valence-corrected chi connectivity index (χ2v) is 4.14. The third-order valence-corrected chi connectivity index (χ3v) is 2.56. The Morgan fingerprint density at radius 3 is 3.11 bits per heavy atom. The smallest absolute Gasteiger partial charge is 0.318 e. The Morgan fingerprint density at radius 1 is 1.50 bits per heavy atom. The van der Waals surface area contributed by atoms with E-state index in [0.717, 1.165) is 19.0 Å². The van der Waals surface area contributed by atoms with E-state index >= 15 is 0 Å². The van der Waals surface area contributed by atoms with E-state index in [9.17, 15) is 4.39 Å². The summed E-state index contributed by atoms with van der Waals surface area (Å²) >= 11 is 0. The third kappa shape index (κ3) is 2.58. The van der Waals surface area contributed by atoms with Crippen molar-refractivity contribution in [2.24, 2.45) is 0 Å². The number of anilines is 1. The Labute approximate surface area is 103 Å². The van der Waals surface area contributed by atoms with Crippen molar-refractivity contribution in [2.45, 2.75) is 25.5 Å². The molecule has 2 aromatic heterocycles. The SMILES string of the molecule is Fc1cnc(OCc2ccco2)nc1NC1CC1. The van der Waals surface area contributed by atoms with Crippen LogP contribution in [0.1, 0.15) is 18.6 Å². The van der Waals surface area contributed by atoms with E-state index in [0.29, 0.717) is 11.8 Å². The Balaban J connectivity index is 1.67. The van der Waals surface area contributed by atoms with E-state index < -0.39 is 5.82 Å². The van der Waals surface area contributed by atoms with Crippen LogP contribution in [0.25, 0.3) is 0 Å². The average molecular weight is 249 g/mol. The van der Waals surface area contributed by atoms with Crippen LogP contribution in [-0.2, 0) is 6.61 Å². The standard InChI is InChI=1S/C12H12FN3O2/c13-10-6-14-12(16-11(10)15-8-3-4-8)18-7-9-2-1-5-17-9/h1-2,5-6,8H,3-4,7H2,(H,14,15,16). The van der Waals surface area contributed by atoms with Gasteiger partial charge in [-0.1, -0.05) is 0 Å². The number of nitrogens with zero attached hydrogens (tertiary/aromatic N) is 2. The number of aromatic nitrogens is 2. The van der Waals surface area contributed by atoms with Crippen LogP contribution in [0.2, 0.25) is 0 Å². The maximum absolute atomic E-state index is 13.4. The molecule has 0 spiro atoms. The molecule has 3 rings (SSSR count). The van der Waals surface area contributed by atoms with Crippen LogP contribution in [0.5, 0.6) is 6.01 Å². The van der Waals surface area contributed by atoms with Gasteiger partial charge < -0.3 is 14.5 Å². The molecule has 1 N–H and O–H groups in total. The second-order valence-electron chi connectivity index (χ2n) is 4.14. The number of halogens is 1. The second kappa shape index (κ2) is 4.64. The highest BCUT2D eigenvalue weighted by Gasteiger charge is 2.23. The molecule has 0 saturated heterocycles. The lowest BCUT2D eigenvalue weighted by atomic mass is 10.5. The van der Waals surface area contributed by atoms with Gasteiger partial charge in [0.2, 0.25) is 0 Å². The summed E-state index contributed by atoms with van der Waals surface area (Å²) in [4.78, 5) is 7.77. The van der Waals surface area contributed by atoms with Crippen molar-refractivity contribution in [3.8, 4) is 6.01 Å². The molecule has 0 amide bonds. The minimum atomic E-state index is -0.466. The van der Waals surface area contributed by atoms with Gasteiger partial charge in [-0.3, -0.25) is 0 Å². The predicted molar refractivity (Wildman–Crippen MR) is 61.7 cm³/mol. The molecule has 94 valence electrons. The molecule has 5 nitrogen and oxygen atoms in total. The highest BCUT2D eigenvalue weighted by molar-refractivity contribution is 5.38. The van der Waals surface area contributed by atoms with Crippen LogP contribution in [-0.4, -0.2) is 16.0 Å². The summed E-state index contributed by atoms with van der Waals surface area (Å²) in [6.45, 7) is 0.224. The third-order valence-electron chi connectivity index (χ3n) is 2.56. The summed E-state index contributed by atoms with van der Waals surface area (Å²) in [6.07, 6.45) is 4.76. The van der Waals surface area contributed by atoms with Crippen LogP contribution < -0.4 is 10.1 Å². The van der Waals surface area contributed by atoms with E-state index in [1.807, 2.05) is 0 Å². The fraction of sp³-hybridized carbons (Fsp3) is 0.333. The molecule has 1 aliphatic rings. The molecule has 1 fully saturated rings. The number of nitrogens with one attached hydrogen (secondary N) is 1. The molecule has 0 atom stereocenters. The maximum atomic E-state index is 13.4. The normalized spacial score (nSPS) is 14.5. The van der Waals surface area contributed by atoms with Gasteiger partial charge in [-0.05, 0) is 25.0 Å². The Morgan fingerprint density at radius 2 is 2.39 bits per heavy atom. The van der Waals surface area contributed by atoms with Crippen molar-refractivity contribution in [1.82, 2.24) is 9.97 Å². The van der Waals surface area contributed by atoms with Gasteiger partial charge in [0.05, 0.1) is 12.5 Å². The molecule has 2 aromatic rings. The topological polar surface area (TPSA) is 60.2 Å². The minimum absolute atomic E-state index is 0.135. The highest BCUT2D eigenvalue weighted by Crippen LogP contribution is 2.25. The molecule has 0 unspecified atom stereocenters. The van der Waals surface area contributed by atoms with Crippen molar-refractivity contribution in [2.75, 3.05) is 5.32 Å². The fourth-order valence-electron chi connectivity index (χ4n) is 1.47. The zero-order chi connectivity index (χ0) is 12.4. The van der Waals surface area contributed by atoms with Crippen LogP contribution in [0, 0.1) is 5.82 Å². The van der Waals surface area contributed by atoms with Gasteiger partial charge >= 0.3 is 6.01 Å². The van der Waals surface area contributed by atoms with E-state index in [-0.39, 0.29) is 18.4 Å². The van der Waals surface area contributed by atoms with Crippen molar-refractivity contribution in [1.29, 1.82) is 0 Å². The van der Waals surface area contributed by atoms with Gasteiger partial charge in [0.1, 0.15) is 12.4 Å². The molecule has 0 radical (unpaired) electrons. The van der Waals surface area contributed by atoms with Crippen LogP contribution in [0.15, 0.2) is 29.0 Å². The molecule has 2 heterocycles. The number of furan rings is 1. The lowest BCUT2D eigenvalue weighted by Gasteiger charge is -2.07. The number of rotatable bonds is 5. The molecule has 6 heteroatoms. The lowest BCUT2D eigenvalue weighted by Crippen LogP contribution is -2.08. The summed E-state index contributed by atoms with van der Waals surface area (Å²) in [5, 5.41) is 2.99. The van der Waals surface area contributed by atoms with E-state index in [4.69, 9.17) is 9.15 Å². The molecule has 0 aromatic carbocycles. The molecule has 18 heavy (non-hydrogen) atoms. The summed E-state index contributed by atoms with van der Waals surface area (Å²) in [7, 11) is 0. The summed E-state index contributed by atoms with van der Waals surface area (Å²) in [6, 6.07) is 4.01. The van der Waals surface area contributed by atoms with Crippen molar-refractivity contribution in [3.05, 3.63) is 36.2 Å². The molecule has 0 bridgehead atoms. The van der Waals surface area contributed by atoms with E-state index in [1.54, 1.807) is 18.4 Å². The van der Waals surface area contributed by atoms with Crippen molar-refractivity contribution in [3.63, 3.8) is 0 Å². The molecular formula is C12H12FN3O2. The molecular weight excluding hydrogens is 237 g/mol. The Bertz CT molecular complexity index is 526. The van der Waals surface area contributed by atoms with Crippen LogP contribution >= 0.6 is 0 Å². The Hall–Kier alpha value is -2.11. The first-order valence-corrected chi connectivity index (χ1v) is 5.75. The first-order valence-electron chi connectivity index (χ1n) is 5.75. The largest absolute Gasteiger partial charge is 0.466 e. The van der Waals surface area contributed by atoms with Gasteiger partial charge in [0.25, 0.3) is 0 Å². The molecule has 1 aliphatic carbocycles. The van der Waals surface area contributed by atoms with Crippen LogP contribution in [0.4, 0.5) is 10.2 Å². The molecule has 1 saturated carbocycles. The lowest BCUT2D eigenvalue weighted by molar-refractivity contribution is 0.249. The zero-order valence-electron chi connectivity index (χ0n) is 9.60. The molecule has 0 aliphatic heterocycles. The maximum Gasteiger partial charge on any atom is 0.318 e. The number of hydrogen-bond donors (Lipinski definition) is 1. The highest BCUT2D eigenvalue weighted by atomic mass is 19.1. The van der Waals surface area contributed by atoms with E-state index in [1.165, 1.54) is 0 Å². The first-order chi connectivity index (χ1) is 8.81. The average Bonchev–Trinajstić information content (AvgIpc) is 3.03. The van der Waals surface area contributed by atoms with Gasteiger partial charge in [-0.25, -0.2) is 9.37 Å². The van der Waals surface area contributed by atoms with E-state index in [2.05, 4.69) is 15.3 Å². The van der Waals surface area contributed by atoms with Crippen LogP contribution in [0.3, 0.4) is 0 Å². The fourth-order valence-corrected chi connectivity index (χ4v) is 1.47. The summed E-state index contributed by atoms with van der Waals surface area (Å²) in [5.74, 6) is 0.397. The van der Waals surface area contributed by atoms with Gasteiger partial charge in [0, 0.05) is 6.04 Å². The van der Waals surface area contributed by atoms with Gasteiger partial charge in [0.15, 0.2) is 11.6 Å². The quantitative estimate of drug-likeness (QED) is 0.881. The Kier molecular flexibility index (Phi) is 2.84. The van der Waals surface area contributed by atoms with Gasteiger partial charge in [-0.15, -0.1) is 0 Å². The van der Waals surface area contributed by atoms with Gasteiger partial charge in [-0.2, -0.15) is 4.98 Å². The number of ether oxygens (including phenoxy) is 1. The predicted octanol–water partition coefficient (Wildman–Crippen LogP) is 2.36.